The minimum atomic E-state index is -0.385. The van der Waals surface area contributed by atoms with E-state index in [2.05, 4.69) is 0 Å². The van der Waals surface area contributed by atoms with Crippen LogP contribution in [0.25, 0.3) is 0 Å². The van der Waals surface area contributed by atoms with Gasteiger partial charge in [-0.2, -0.15) is 0 Å². The molecule has 0 N–H and O–H groups in total. The van der Waals surface area contributed by atoms with Crippen molar-refractivity contribution in [3.05, 3.63) is 94.8 Å². The highest BCUT2D eigenvalue weighted by molar-refractivity contribution is 6.30. The van der Waals surface area contributed by atoms with E-state index in [1.54, 1.807) is 21.9 Å². The van der Waals surface area contributed by atoms with E-state index in [-0.39, 0.29) is 29.7 Å². The molecule has 0 radical (unpaired) electrons. The number of hydrogen-bond acceptors (Lipinski definition) is 2. The molecule has 31 heavy (non-hydrogen) atoms. The summed E-state index contributed by atoms with van der Waals surface area (Å²) in [6.45, 7) is 3.50. The molecule has 0 aromatic heterocycles. The highest BCUT2D eigenvalue weighted by atomic mass is 35.5. The van der Waals surface area contributed by atoms with Crippen LogP contribution >= 0.6 is 11.6 Å². The van der Waals surface area contributed by atoms with Gasteiger partial charge in [-0.1, -0.05) is 29.8 Å². The zero-order valence-corrected chi connectivity index (χ0v) is 18.0. The molecule has 4 rings (SSSR count). The van der Waals surface area contributed by atoms with Gasteiger partial charge in [-0.25, -0.2) is 4.39 Å². The lowest BCUT2D eigenvalue weighted by atomic mass is 9.89. The molecule has 4 nitrogen and oxygen atoms in total. The summed E-state index contributed by atoms with van der Waals surface area (Å²) in [6.07, 6.45) is 0.562. The van der Waals surface area contributed by atoms with Crippen molar-refractivity contribution in [1.82, 2.24) is 0 Å². The van der Waals surface area contributed by atoms with Crippen LogP contribution in [0.15, 0.2) is 72.8 Å². The molecule has 0 saturated heterocycles. The maximum atomic E-state index is 13.3. The molecule has 0 saturated carbocycles. The number of carbonyl (C=O) groups excluding carboxylic acids is 2. The van der Waals surface area contributed by atoms with E-state index in [0.717, 1.165) is 16.9 Å². The molecular weight excluding hydrogens is 415 g/mol. The van der Waals surface area contributed by atoms with E-state index in [4.69, 9.17) is 11.6 Å². The molecule has 0 bridgehead atoms. The lowest BCUT2D eigenvalue weighted by Crippen LogP contribution is -2.47. The van der Waals surface area contributed by atoms with Crippen molar-refractivity contribution in [3.8, 4) is 0 Å². The fourth-order valence-electron chi connectivity index (χ4n) is 4.25. The summed E-state index contributed by atoms with van der Waals surface area (Å²) < 4.78 is 13.3. The highest BCUT2D eigenvalue weighted by Crippen LogP contribution is 2.42. The van der Waals surface area contributed by atoms with Crippen molar-refractivity contribution in [3.63, 3.8) is 0 Å². The second-order valence-corrected chi connectivity index (χ2v) is 8.14. The van der Waals surface area contributed by atoms with Crippen LogP contribution in [0.1, 0.15) is 42.2 Å². The van der Waals surface area contributed by atoms with Crippen LogP contribution in [0.3, 0.4) is 0 Å². The van der Waals surface area contributed by atoms with Gasteiger partial charge in [0.1, 0.15) is 5.82 Å². The van der Waals surface area contributed by atoms with E-state index in [1.165, 1.54) is 31.2 Å². The number of fused-ring (bicyclic) bond motifs is 1. The van der Waals surface area contributed by atoms with Crippen LogP contribution in [0, 0.1) is 5.82 Å². The van der Waals surface area contributed by atoms with Crippen LogP contribution < -0.4 is 9.80 Å². The molecule has 6 heteroatoms. The summed E-state index contributed by atoms with van der Waals surface area (Å²) in [7, 11) is 0. The molecule has 2 unspecified atom stereocenters. The monoisotopic (exact) mass is 436 g/mol. The minimum Gasteiger partial charge on any atom is -0.305 e. The topological polar surface area (TPSA) is 40.6 Å². The lowest BCUT2D eigenvalue weighted by Gasteiger charge is -2.43. The predicted molar refractivity (Wildman–Crippen MR) is 121 cm³/mol. The molecule has 1 heterocycles. The van der Waals surface area contributed by atoms with Gasteiger partial charge in [0.05, 0.1) is 6.04 Å². The van der Waals surface area contributed by atoms with Gasteiger partial charge in [0, 0.05) is 34.9 Å². The molecule has 158 valence electrons. The molecule has 2 amide bonds. The summed E-state index contributed by atoms with van der Waals surface area (Å²) >= 11 is 6.04. The summed E-state index contributed by atoms with van der Waals surface area (Å²) in [5.41, 5.74) is 2.81. The Hall–Kier alpha value is -3.18. The Morgan fingerprint density at radius 2 is 1.65 bits per heavy atom. The average Bonchev–Trinajstić information content (AvgIpc) is 2.75. The SMILES string of the molecule is CC(=O)N(c1ccc(Cl)cc1)C1CC(C)N(C(=O)c2ccc(F)cc2)c2ccccc21. The molecule has 0 spiro atoms. The lowest BCUT2D eigenvalue weighted by molar-refractivity contribution is -0.117. The zero-order valence-electron chi connectivity index (χ0n) is 17.3. The maximum absolute atomic E-state index is 13.3. The van der Waals surface area contributed by atoms with Crippen LogP contribution in [-0.4, -0.2) is 17.9 Å². The summed E-state index contributed by atoms with van der Waals surface area (Å²) in [5.74, 6) is -0.671. The molecule has 0 fully saturated rings. The number of hydrogen-bond donors (Lipinski definition) is 0. The molecule has 3 aromatic rings. The Morgan fingerprint density at radius 3 is 2.29 bits per heavy atom. The third-order valence-electron chi connectivity index (χ3n) is 5.63. The highest BCUT2D eigenvalue weighted by Gasteiger charge is 2.38. The molecule has 1 aliphatic rings. The van der Waals surface area contributed by atoms with Gasteiger partial charge in [-0.3, -0.25) is 9.59 Å². The minimum absolute atomic E-state index is 0.0902. The van der Waals surface area contributed by atoms with E-state index in [0.29, 0.717) is 17.0 Å². The molecular formula is C25H22ClFN2O2. The Balaban J connectivity index is 1.77. The van der Waals surface area contributed by atoms with Crippen molar-refractivity contribution in [2.75, 3.05) is 9.80 Å². The number of amides is 2. The third kappa shape index (κ3) is 4.06. The third-order valence-corrected chi connectivity index (χ3v) is 5.88. The molecule has 0 aliphatic carbocycles. The summed E-state index contributed by atoms with van der Waals surface area (Å²) in [5, 5.41) is 0.598. The number of benzene rings is 3. The fourth-order valence-corrected chi connectivity index (χ4v) is 4.38. The van der Waals surface area contributed by atoms with Gasteiger partial charge in [-0.15, -0.1) is 0 Å². The van der Waals surface area contributed by atoms with E-state index < -0.39 is 0 Å². The molecule has 3 aromatic carbocycles. The number of carbonyl (C=O) groups is 2. The number of rotatable bonds is 3. The Bertz CT molecular complexity index is 1120. The number of anilines is 2. The molecule has 1 aliphatic heterocycles. The number of nitrogens with zero attached hydrogens (tertiary/aromatic N) is 2. The van der Waals surface area contributed by atoms with Gasteiger partial charge < -0.3 is 9.80 Å². The predicted octanol–water partition coefficient (Wildman–Crippen LogP) is 6.01. The quantitative estimate of drug-likeness (QED) is 0.504. The van der Waals surface area contributed by atoms with Crippen molar-refractivity contribution in [2.24, 2.45) is 0 Å². The normalized spacial score (nSPS) is 17.7. The standard InChI is InChI=1S/C25H22ClFN2O2/c1-16-15-24(29(17(2)30)21-13-9-19(26)10-14-21)22-5-3-4-6-23(22)28(16)25(31)18-7-11-20(27)12-8-18/h3-14,16,24H,15H2,1-2H3. The van der Waals surface area contributed by atoms with E-state index in [1.807, 2.05) is 43.3 Å². The van der Waals surface area contributed by atoms with Gasteiger partial charge in [0.2, 0.25) is 5.91 Å². The van der Waals surface area contributed by atoms with Gasteiger partial charge >= 0.3 is 0 Å². The Kier molecular flexibility index (Phi) is 5.79. The Morgan fingerprint density at radius 1 is 1.00 bits per heavy atom. The van der Waals surface area contributed by atoms with E-state index in [9.17, 15) is 14.0 Å². The van der Waals surface area contributed by atoms with Crippen molar-refractivity contribution in [2.45, 2.75) is 32.4 Å². The first kappa shape index (κ1) is 21.1. The van der Waals surface area contributed by atoms with Crippen molar-refractivity contribution >= 4 is 34.8 Å². The largest absolute Gasteiger partial charge is 0.305 e. The van der Waals surface area contributed by atoms with Gasteiger partial charge in [-0.05, 0) is 73.5 Å². The van der Waals surface area contributed by atoms with Gasteiger partial charge in [0.15, 0.2) is 0 Å². The van der Waals surface area contributed by atoms with Crippen molar-refractivity contribution in [1.29, 1.82) is 0 Å². The maximum Gasteiger partial charge on any atom is 0.258 e. The first-order valence-electron chi connectivity index (χ1n) is 10.1. The first-order chi connectivity index (χ1) is 14.9. The zero-order chi connectivity index (χ0) is 22.1. The van der Waals surface area contributed by atoms with E-state index >= 15 is 0 Å². The van der Waals surface area contributed by atoms with Gasteiger partial charge in [0.25, 0.3) is 5.91 Å². The van der Waals surface area contributed by atoms with Crippen LogP contribution in [0.4, 0.5) is 15.8 Å². The fraction of sp³-hybridized carbons (Fsp3) is 0.200. The van der Waals surface area contributed by atoms with Crippen LogP contribution in [0.2, 0.25) is 5.02 Å². The summed E-state index contributed by atoms with van der Waals surface area (Å²) in [6, 6.07) is 19.9. The number of halogens is 2. The molecule has 2 atom stereocenters. The van der Waals surface area contributed by atoms with Crippen LogP contribution in [0.5, 0.6) is 0 Å². The summed E-state index contributed by atoms with van der Waals surface area (Å²) in [4.78, 5) is 29.5. The van der Waals surface area contributed by atoms with Crippen LogP contribution in [-0.2, 0) is 4.79 Å². The average molecular weight is 437 g/mol. The first-order valence-corrected chi connectivity index (χ1v) is 10.5. The Labute approximate surface area is 185 Å². The van der Waals surface area contributed by atoms with Crippen molar-refractivity contribution < 1.29 is 14.0 Å². The second-order valence-electron chi connectivity index (χ2n) is 7.71. The second kappa shape index (κ2) is 8.52. The number of para-hydroxylation sites is 1. The smallest absolute Gasteiger partial charge is 0.258 e.